The fourth-order valence-corrected chi connectivity index (χ4v) is 4.60. The Morgan fingerprint density at radius 1 is 1.41 bits per heavy atom. The van der Waals surface area contributed by atoms with Crippen LogP contribution in [0.5, 0.6) is 0 Å². The van der Waals surface area contributed by atoms with Crippen molar-refractivity contribution in [3.8, 4) is 0 Å². The van der Waals surface area contributed by atoms with Gasteiger partial charge in [0.1, 0.15) is 4.93 Å². The highest BCUT2D eigenvalue weighted by molar-refractivity contribution is 8.00. The summed E-state index contributed by atoms with van der Waals surface area (Å²) in [6.07, 6.45) is 2.83. The first kappa shape index (κ1) is 13.1. The van der Waals surface area contributed by atoms with Crippen LogP contribution in [-0.2, 0) is 21.7 Å². The fourth-order valence-electron chi connectivity index (χ4n) is 2.15. The lowest BCUT2D eigenvalue weighted by Gasteiger charge is -2.35. The third-order valence-corrected chi connectivity index (χ3v) is 5.32. The lowest BCUT2D eigenvalue weighted by molar-refractivity contribution is 0.162. The van der Waals surface area contributed by atoms with Gasteiger partial charge in [-0.25, -0.2) is 4.21 Å². The van der Waals surface area contributed by atoms with Crippen molar-refractivity contribution >= 4 is 22.8 Å². The van der Waals surface area contributed by atoms with Crippen molar-refractivity contribution in [1.29, 1.82) is 0 Å². The summed E-state index contributed by atoms with van der Waals surface area (Å²) in [6.45, 7) is 2.12. The molecule has 2 rings (SSSR count). The van der Waals surface area contributed by atoms with E-state index < -0.39 is 11.1 Å². The highest BCUT2D eigenvalue weighted by Gasteiger charge is 2.36. The largest absolute Gasteiger partial charge is 0.272 e. The Balaban J connectivity index is 2.13. The van der Waals surface area contributed by atoms with E-state index in [1.165, 1.54) is 5.56 Å². The van der Waals surface area contributed by atoms with Gasteiger partial charge in [-0.3, -0.25) is 4.18 Å². The molecule has 2 unspecified atom stereocenters. The molecule has 1 aliphatic rings. The van der Waals surface area contributed by atoms with Crippen LogP contribution >= 0.6 is 11.8 Å². The van der Waals surface area contributed by atoms with Crippen molar-refractivity contribution in [3.63, 3.8) is 0 Å². The van der Waals surface area contributed by atoms with E-state index in [-0.39, 0.29) is 4.93 Å². The van der Waals surface area contributed by atoms with Crippen LogP contribution < -0.4 is 0 Å². The van der Waals surface area contributed by atoms with Crippen LogP contribution in [0.2, 0.25) is 0 Å². The van der Waals surface area contributed by atoms with E-state index in [9.17, 15) is 4.21 Å². The third kappa shape index (κ3) is 3.57. The van der Waals surface area contributed by atoms with Gasteiger partial charge in [-0.15, -0.1) is 11.8 Å². The standard InChI is InChI=1S/C13H18O2S2/c1-2-16-13(9-6-10-17(14)15-13)11-12-7-4-3-5-8-12/h3-5,7-8H,2,6,9-11H2,1H3. The molecule has 0 spiro atoms. The monoisotopic (exact) mass is 270 g/mol. The van der Waals surface area contributed by atoms with E-state index in [0.717, 1.165) is 25.0 Å². The molecule has 1 aromatic carbocycles. The highest BCUT2D eigenvalue weighted by atomic mass is 32.2. The van der Waals surface area contributed by atoms with E-state index in [1.807, 2.05) is 18.2 Å². The topological polar surface area (TPSA) is 26.3 Å². The zero-order valence-electron chi connectivity index (χ0n) is 10.1. The van der Waals surface area contributed by atoms with E-state index >= 15 is 0 Å². The van der Waals surface area contributed by atoms with Crippen molar-refractivity contribution in [1.82, 2.24) is 0 Å². The van der Waals surface area contributed by atoms with Crippen molar-refractivity contribution in [2.75, 3.05) is 11.5 Å². The van der Waals surface area contributed by atoms with Gasteiger partial charge in [0.15, 0.2) is 11.1 Å². The Hall–Kier alpha value is -0.320. The average molecular weight is 270 g/mol. The zero-order chi connectivity index (χ0) is 12.1. The SMILES string of the molecule is CCSC1(Cc2ccccc2)CCCS(=O)O1. The lowest BCUT2D eigenvalue weighted by Crippen LogP contribution is -2.37. The van der Waals surface area contributed by atoms with Gasteiger partial charge < -0.3 is 0 Å². The second-order valence-electron chi connectivity index (χ2n) is 4.20. The van der Waals surface area contributed by atoms with Gasteiger partial charge >= 0.3 is 0 Å². The van der Waals surface area contributed by atoms with Crippen LogP contribution in [0.1, 0.15) is 25.3 Å². The molecular formula is C13H18O2S2. The molecule has 1 aromatic rings. The van der Waals surface area contributed by atoms with Gasteiger partial charge in [0, 0.05) is 12.2 Å². The molecule has 0 bridgehead atoms. The van der Waals surface area contributed by atoms with Crippen molar-refractivity contribution in [3.05, 3.63) is 35.9 Å². The molecule has 0 saturated carbocycles. The Bertz CT molecular complexity index is 376. The van der Waals surface area contributed by atoms with E-state index in [4.69, 9.17) is 4.18 Å². The fraction of sp³-hybridized carbons (Fsp3) is 0.538. The van der Waals surface area contributed by atoms with Gasteiger partial charge in [-0.05, 0) is 24.2 Å². The van der Waals surface area contributed by atoms with Crippen LogP contribution in [-0.4, -0.2) is 20.6 Å². The smallest absolute Gasteiger partial charge is 0.156 e. The summed E-state index contributed by atoms with van der Waals surface area (Å²) in [7, 11) is 0. The van der Waals surface area contributed by atoms with Crippen molar-refractivity contribution < 1.29 is 8.39 Å². The first-order valence-corrected chi connectivity index (χ1v) is 8.23. The molecule has 1 fully saturated rings. The molecule has 1 heterocycles. The summed E-state index contributed by atoms with van der Waals surface area (Å²) in [5.41, 5.74) is 1.26. The molecule has 0 aliphatic carbocycles. The number of thioether (sulfide) groups is 1. The molecule has 1 aliphatic heterocycles. The molecule has 0 amide bonds. The predicted octanol–water partition coefficient (Wildman–Crippen LogP) is 3.15. The molecule has 0 aromatic heterocycles. The van der Waals surface area contributed by atoms with Gasteiger partial charge in [0.2, 0.25) is 0 Å². The molecule has 0 N–H and O–H groups in total. The molecule has 94 valence electrons. The number of hydrogen-bond donors (Lipinski definition) is 0. The normalized spacial score (nSPS) is 29.1. The lowest BCUT2D eigenvalue weighted by atomic mass is 10.0. The van der Waals surface area contributed by atoms with Crippen LogP contribution in [0.15, 0.2) is 30.3 Å². The maximum absolute atomic E-state index is 11.6. The summed E-state index contributed by atoms with van der Waals surface area (Å²) >= 11 is 0.677. The van der Waals surface area contributed by atoms with Gasteiger partial charge in [0.25, 0.3) is 0 Å². The maximum Gasteiger partial charge on any atom is 0.156 e. The molecule has 2 atom stereocenters. The zero-order valence-corrected chi connectivity index (χ0v) is 11.7. The quantitative estimate of drug-likeness (QED) is 0.840. The van der Waals surface area contributed by atoms with Crippen LogP contribution in [0.3, 0.4) is 0 Å². The van der Waals surface area contributed by atoms with Crippen LogP contribution in [0.25, 0.3) is 0 Å². The summed E-state index contributed by atoms with van der Waals surface area (Å²) in [5, 5.41) is 0. The predicted molar refractivity (Wildman–Crippen MR) is 74.3 cm³/mol. The number of hydrogen-bond acceptors (Lipinski definition) is 3. The first-order chi connectivity index (χ1) is 8.24. The van der Waals surface area contributed by atoms with E-state index in [0.29, 0.717) is 5.75 Å². The number of benzene rings is 1. The van der Waals surface area contributed by atoms with Gasteiger partial charge in [-0.1, -0.05) is 37.3 Å². The first-order valence-electron chi connectivity index (χ1n) is 6.00. The maximum atomic E-state index is 11.6. The minimum Gasteiger partial charge on any atom is -0.272 e. The van der Waals surface area contributed by atoms with Crippen molar-refractivity contribution in [2.45, 2.75) is 31.1 Å². The average Bonchev–Trinajstić information content (AvgIpc) is 2.30. The van der Waals surface area contributed by atoms with E-state index in [1.54, 1.807) is 11.8 Å². The summed E-state index contributed by atoms with van der Waals surface area (Å²) in [5.74, 6) is 1.67. The molecule has 2 nitrogen and oxygen atoms in total. The van der Waals surface area contributed by atoms with Crippen LogP contribution in [0.4, 0.5) is 0 Å². The molecule has 17 heavy (non-hydrogen) atoms. The Morgan fingerprint density at radius 3 is 2.82 bits per heavy atom. The number of rotatable bonds is 4. The van der Waals surface area contributed by atoms with E-state index in [2.05, 4.69) is 19.1 Å². The van der Waals surface area contributed by atoms with Crippen molar-refractivity contribution in [2.24, 2.45) is 0 Å². The molecule has 1 saturated heterocycles. The summed E-state index contributed by atoms with van der Waals surface area (Å²) < 4.78 is 17.4. The summed E-state index contributed by atoms with van der Waals surface area (Å²) in [4.78, 5) is -0.279. The van der Waals surface area contributed by atoms with Gasteiger partial charge in [-0.2, -0.15) is 0 Å². The molecule has 0 radical (unpaired) electrons. The second-order valence-corrected chi connectivity index (χ2v) is 6.99. The third-order valence-electron chi connectivity index (χ3n) is 2.84. The Labute approximate surface area is 110 Å². The summed E-state index contributed by atoms with van der Waals surface area (Å²) in [6, 6.07) is 10.3. The van der Waals surface area contributed by atoms with Gasteiger partial charge in [0.05, 0.1) is 0 Å². The molecular weight excluding hydrogens is 252 g/mol. The molecule has 4 heteroatoms. The van der Waals surface area contributed by atoms with Crippen LogP contribution in [0, 0.1) is 0 Å². The Morgan fingerprint density at radius 2 is 2.18 bits per heavy atom. The minimum atomic E-state index is -1.11. The second kappa shape index (κ2) is 6.03. The highest BCUT2D eigenvalue weighted by Crippen LogP contribution is 2.38. The Kier molecular flexibility index (Phi) is 4.65. The minimum absolute atomic E-state index is 0.279.